The number of aliphatic imine (C=N–C) groups is 1. The first-order valence-electron chi connectivity index (χ1n) is 5.53. The molecule has 0 aliphatic rings. The Labute approximate surface area is 105 Å². The lowest BCUT2D eigenvalue weighted by molar-refractivity contribution is 0.112. The summed E-state index contributed by atoms with van der Waals surface area (Å²) in [5.74, 6) is 0. The van der Waals surface area contributed by atoms with E-state index >= 15 is 0 Å². The van der Waals surface area contributed by atoms with Crippen LogP contribution in [-0.4, -0.2) is 12.4 Å². The molecule has 0 atom stereocenters. The van der Waals surface area contributed by atoms with Gasteiger partial charge in [0.2, 0.25) is 6.08 Å². The van der Waals surface area contributed by atoms with Gasteiger partial charge in [0.1, 0.15) is 6.29 Å². The van der Waals surface area contributed by atoms with E-state index in [-0.39, 0.29) is 0 Å². The van der Waals surface area contributed by atoms with E-state index in [1.54, 1.807) is 24.3 Å². The van der Waals surface area contributed by atoms with Gasteiger partial charge in [-0.25, -0.2) is 4.79 Å². The fraction of sp³-hybridized carbons (Fsp3) is 0.0667. The van der Waals surface area contributed by atoms with Crippen molar-refractivity contribution in [2.24, 2.45) is 4.99 Å². The predicted octanol–water partition coefficient (Wildman–Crippen LogP) is 3.06. The van der Waals surface area contributed by atoms with Gasteiger partial charge in [0.05, 0.1) is 5.69 Å². The van der Waals surface area contributed by atoms with Gasteiger partial charge in [0.25, 0.3) is 0 Å². The molecule has 2 aromatic carbocycles. The Morgan fingerprint density at radius 1 is 0.944 bits per heavy atom. The summed E-state index contributed by atoms with van der Waals surface area (Å²) in [6.07, 6.45) is 3.12. The fourth-order valence-electron chi connectivity index (χ4n) is 1.69. The molecule has 0 bridgehead atoms. The van der Waals surface area contributed by atoms with Crippen molar-refractivity contribution in [1.29, 1.82) is 0 Å². The minimum atomic E-state index is 0.602. The van der Waals surface area contributed by atoms with E-state index in [1.165, 1.54) is 6.08 Å². The molecule has 0 fully saturated rings. The molecule has 0 unspecified atom stereocenters. The van der Waals surface area contributed by atoms with E-state index in [1.807, 2.05) is 24.3 Å². The summed E-state index contributed by atoms with van der Waals surface area (Å²) in [5.41, 5.74) is 3.53. The summed E-state index contributed by atoms with van der Waals surface area (Å²) in [4.78, 5) is 24.2. The van der Waals surface area contributed by atoms with Gasteiger partial charge in [-0.1, -0.05) is 36.4 Å². The van der Waals surface area contributed by atoms with Crippen LogP contribution in [0, 0.1) is 0 Å². The Kier molecular flexibility index (Phi) is 3.79. The molecule has 0 aliphatic carbocycles. The quantitative estimate of drug-likeness (QED) is 0.466. The summed E-state index contributed by atoms with van der Waals surface area (Å²) in [5, 5.41) is 0. The number of carbonyl (C=O) groups excluding carboxylic acids is 2. The van der Waals surface area contributed by atoms with E-state index < -0.39 is 0 Å². The Bertz CT molecular complexity index is 579. The molecule has 0 radical (unpaired) electrons. The van der Waals surface area contributed by atoms with E-state index in [0.717, 1.165) is 23.8 Å². The van der Waals surface area contributed by atoms with Crippen molar-refractivity contribution < 1.29 is 9.59 Å². The van der Waals surface area contributed by atoms with Crippen LogP contribution in [0.15, 0.2) is 53.5 Å². The van der Waals surface area contributed by atoms with Crippen LogP contribution in [0.4, 0.5) is 5.69 Å². The molecule has 3 heteroatoms. The molecule has 0 N–H and O–H groups in total. The highest BCUT2D eigenvalue weighted by Gasteiger charge is 1.97. The fourth-order valence-corrected chi connectivity index (χ4v) is 1.69. The van der Waals surface area contributed by atoms with Gasteiger partial charge in [0.15, 0.2) is 0 Å². The van der Waals surface area contributed by atoms with Crippen LogP contribution in [0.25, 0.3) is 0 Å². The Balaban J connectivity index is 2.12. The van der Waals surface area contributed by atoms with Crippen molar-refractivity contribution in [3.63, 3.8) is 0 Å². The van der Waals surface area contributed by atoms with Gasteiger partial charge in [-0.15, -0.1) is 0 Å². The smallest absolute Gasteiger partial charge is 0.240 e. The maximum Gasteiger partial charge on any atom is 0.240 e. The third kappa shape index (κ3) is 3.00. The molecule has 0 saturated carbocycles. The summed E-state index contributed by atoms with van der Waals surface area (Å²) in [6.45, 7) is 0. The maximum atomic E-state index is 10.5. The second kappa shape index (κ2) is 5.71. The van der Waals surface area contributed by atoms with Crippen LogP contribution in [0.1, 0.15) is 21.5 Å². The lowest BCUT2D eigenvalue weighted by Gasteiger charge is -2.02. The zero-order valence-electron chi connectivity index (χ0n) is 9.67. The van der Waals surface area contributed by atoms with Crippen molar-refractivity contribution in [1.82, 2.24) is 0 Å². The van der Waals surface area contributed by atoms with E-state index in [2.05, 4.69) is 4.99 Å². The number of rotatable bonds is 4. The average Bonchev–Trinajstić information content (AvgIpc) is 2.42. The minimum Gasteiger partial charge on any atom is -0.298 e. The van der Waals surface area contributed by atoms with Crippen LogP contribution in [0.3, 0.4) is 0 Å². The van der Waals surface area contributed by atoms with Crippen LogP contribution >= 0.6 is 0 Å². The number of nitrogens with zero attached hydrogens (tertiary/aromatic N) is 1. The first-order valence-corrected chi connectivity index (χ1v) is 5.53. The summed E-state index contributed by atoms with van der Waals surface area (Å²) in [7, 11) is 0. The minimum absolute atomic E-state index is 0.602. The van der Waals surface area contributed by atoms with E-state index in [4.69, 9.17) is 0 Å². The van der Waals surface area contributed by atoms with Gasteiger partial charge >= 0.3 is 0 Å². The highest BCUT2D eigenvalue weighted by Crippen LogP contribution is 2.15. The Hall–Kier alpha value is -2.51. The highest BCUT2D eigenvalue weighted by molar-refractivity contribution is 5.74. The second-order valence-corrected chi connectivity index (χ2v) is 3.91. The van der Waals surface area contributed by atoms with Crippen LogP contribution in [0.2, 0.25) is 0 Å². The molecule has 18 heavy (non-hydrogen) atoms. The zero-order chi connectivity index (χ0) is 12.8. The van der Waals surface area contributed by atoms with Crippen LogP contribution in [0.5, 0.6) is 0 Å². The second-order valence-electron chi connectivity index (χ2n) is 3.91. The number of isocyanates is 1. The molecule has 0 aromatic heterocycles. The molecule has 0 saturated heterocycles. The van der Waals surface area contributed by atoms with Crippen molar-refractivity contribution in [2.75, 3.05) is 0 Å². The van der Waals surface area contributed by atoms with Crippen LogP contribution in [-0.2, 0) is 11.2 Å². The molecule has 0 amide bonds. The van der Waals surface area contributed by atoms with Crippen LogP contribution < -0.4 is 0 Å². The van der Waals surface area contributed by atoms with Gasteiger partial charge in [-0.3, -0.25) is 4.79 Å². The highest BCUT2D eigenvalue weighted by atomic mass is 16.1. The molecular weight excluding hydrogens is 226 g/mol. The zero-order valence-corrected chi connectivity index (χ0v) is 9.67. The predicted molar refractivity (Wildman–Crippen MR) is 68.9 cm³/mol. The lowest BCUT2D eigenvalue weighted by Crippen LogP contribution is -1.88. The topological polar surface area (TPSA) is 46.5 Å². The summed E-state index contributed by atoms with van der Waals surface area (Å²) >= 11 is 0. The molecule has 2 rings (SSSR count). The van der Waals surface area contributed by atoms with Gasteiger partial charge in [0, 0.05) is 5.56 Å². The maximum absolute atomic E-state index is 10.5. The van der Waals surface area contributed by atoms with E-state index in [0.29, 0.717) is 11.3 Å². The SMILES string of the molecule is O=C=Nc1ccc(Cc2ccc(C=O)cc2)cc1. The molecule has 88 valence electrons. The summed E-state index contributed by atoms with van der Waals surface area (Å²) in [6, 6.07) is 14.9. The molecule has 0 spiro atoms. The number of carbonyl (C=O) groups is 1. The first kappa shape index (κ1) is 12.0. The largest absolute Gasteiger partial charge is 0.298 e. The molecule has 2 aromatic rings. The molecule has 0 aliphatic heterocycles. The first-order chi connectivity index (χ1) is 8.81. The monoisotopic (exact) mass is 237 g/mol. The molecule has 3 nitrogen and oxygen atoms in total. The lowest BCUT2D eigenvalue weighted by atomic mass is 10.0. The third-order valence-corrected chi connectivity index (χ3v) is 2.64. The Morgan fingerprint density at radius 3 is 2.00 bits per heavy atom. The van der Waals surface area contributed by atoms with E-state index in [9.17, 15) is 9.59 Å². The average molecular weight is 237 g/mol. The number of benzene rings is 2. The Morgan fingerprint density at radius 2 is 1.50 bits per heavy atom. The van der Waals surface area contributed by atoms with Crippen molar-refractivity contribution in [2.45, 2.75) is 6.42 Å². The van der Waals surface area contributed by atoms with Gasteiger partial charge in [-0.2, -0.15) is 4.99 Å². The number of hydrogen-bond acceptors (Lipinski definition) is 3. The van der Waals surface area contributed by atoms with Crippen molar-refractivity contribution in [3.8, 4) is 0 Å². The van der Waals surface area contributed by atoms with Crippen molar-refractivity contribution in [3.05, 3.63) is 65.2 Å². The number of aldehydes is 1. The normalized spacial score (nSPS) is 9.56. The third-order valence-electron chi connectivity index (χ3n) is 2.64. The van der Waals surface area contributed by atoms with Gasteiger partial charge < -0.3 is 0 Å². The number of hydrogen-bond donors (Lipinski definition) is 0. The molecule has 0 heterocycles. The molecular formula is C15H11NO2. The van der Waals surface area contributed by atoms with Gasteiger partial charge in [-0.05, 0) is 29.7 Å². The standard InChI is InChI=1S/C15H11NO2/c17-10-14-3-1-12(2-4-14)9-13-5-7-15(8-6-13)16-11-18/h1-8,10H,9H2. The van der Waals surface area contributed by atoms with Crippen molar-refractivity contribution >= 4 is 18.1 Å². The summed E-state index contributed by atoms with van der Waals surface area (Å²) < 4.78 is 0.